The number of rotatable bonds is 49. The molecule has 362 valence electrons. The summed E-state index contributed by atoms with van der Waals surface area (Å²) in [5.41, 5.74) is 0. The second-order valence-electron chi connectivity index (χ2n) is 19.8. The molecule has 0 aromatic rings. The summed E-state index contributed by atoms with van der Waals surface area (Å²) in [5.74, 6) is 0.767. The molecule has 0 aromatic heterocycles. The van der Waals surface area contributed by atoms with Gasteiger partial charge in [-0.15, -0.1) is 0 Å². The van der Waals surface area contributed by atoms with Gasteiger partial charge >= 0.3 is 17.9 Å². The zero-order valence-electron chi connectivity index (χ0n) is 41.8. The van der Waals surface area contributed by atoms with Crippen molar-refractivity contribution in [2.45, 2.75) is 310 Å². The Morgan fingerprint density at radius 2 is 0.541 bits per heavy atom. The van der Waals surface area contributed by atoms with E-state index in [0.29, 0.717) is 19.3 Å². The lowest BCUT2D eigenvalue weighted by Crippen LogP contribution is -2.30. The van der Waals surface area contributed by atoms with Crippen molar-refractivity contribution in [3.8, 4) is 0 Å². The Morgan fingerprint density at radius 1 is 0.311 bits per heavy atom. The second kappa shape index (κ2) is 47.9. The molecule has 0 bridgehead atoms. The monoisotopic (exact) mass is 863 g/mol. The molecule has 0 aliphatic heterocycles. The molecule has 0 fully saturated rings. The van der Waals surface area contributed by atoms with Crippen molar-refractivity contribution in [3.05, 3.63) is 0 Å². The maximum absolute atomic E-state index is 12.8. The van der Waals surface area contributed by atoms with Crippen LogP contribution < -0.4 is 0 Å². The minimum atomic E-state index is -0.762. The number of hydrogen-bond donors (Lipinski definition) is 0. The molecule has 0 saturated heterocycles. The Bertz CT molecular complexity index is 931. The smallest absolute Gasteiger partial charge is 0.306 e. The topological polar surface area (TPSA) is 78.9 Å². The van der Waals surface area contributed by atoms with Gasteiger partial charge in [0.05, 0.1) is 0 Å². The van der Waals surface area contributed by atoms with Gasteiger partial charge in [-0.05, 0) is 31.1 Å². The van der Waals surface area contributed by atoms with Crippen LogP contribution in [0.1, 0.15) is 304 Å². The Morgan fingerprint density at radius 3 is 0.803 bits per heavy atom. The average molecular weight is 863 g/mol. The van der Waals surface area contributed by atoms with Gasteiger partial charge in [-0.25, -0.2) is 0 Å². The molecule has 6 nitrogen and oxygen atoms in total. The van der Waals surface area contributed by atoms with Gasteiger partial charge in [-0.1, -0.05) is 266 Å². The van der Waals surface area contributed by atoms with Crippen molar-refractivity contribution in [1.29, 1.82) is 0 Å². The van der Waals surface area contributed by atoms with Crippen molar-refractivity contribution >= 4 is 17.9 Å². The van der Waals surface area contributed by atoms with E-state index in [0.717, 1.165) is 69.6 Å². The summed E-state index contributed by atoms with van der Waals surface area (Å²) in [6.07, 6.45) is 49.6. The first-order valence-corrected chi connectivity index (χ1v) is 27.2. The summed E-state index contributed by atoms with van der Waals surface area (Å²) in [5, 5.41) is 0. The fourth-order valence-electron chi connectivity index (χ4n) is 8.34. The van der Waals surface area contributed by atoms with E-state index in [4.69, 9.17) is 14.2 Å². The van der Waals surface area contributed by atoms with Crippen molar-refractivity contribution in [2.24, 2.45) is 11.8 Å². The van der Waals surface area contributed by atoms with Crippen molar-refractivity contribution in [2.75, 3.05) is 13.2 Å². The Kier molecular flexibility index (Phi) is 46.6. The van der Waals surface area contributed by atoms with Crippen LogP contribution in [0.25, 0.3) is 0 Å². The molecule has 0 unspecified atom stereocenters. The third-order valence-electron chi connectivity index (χ3n) is 12.5. The maximum atomic E-state index is 12.8. The fraction of sp³-hybridized carbons (Fsp3) is 0.945. The van der Waals surface area contributed by atoms with E-state index in [1.165, 1.54) is 193 Å². The normalized spacial score (nSPS) is 12.0. The molecule has 0 aromatic carbocycles. The lowest BCUT2D eigenvalue weighted by molar-refractivity contribution is -0.167. The van der Waals surface area contributed by atoms with Crippen LogP contribution in [0.5, 0.6) is 0 Å². The summed E-state index contributed by atoms with van der Waals surface area (Å²) in [6.45, 7) is 11.3. The molecule has 0 N–H and O–H groups in total. The SMILES string of the molecule is CCCCCCCCCCCCCCCCCC(=O)O[C@H](COC(=O)CCCCCCCCCCCCCCCCCCC(C)C)COC(=O)CCCCCCCCC(C)C. The van der Waals surface area contributed by atoms with Crippen LogP contribution in [0, 0.1) is 11.8 Å². The summed E-state index contributed by atoms with van der Waals surface area (Å²) >= 11 is 0. The van der Waals surface area contributed by atoms with Gasteiger partial charge in [0.1, 0.15) is 13.2 Å². The fourth-order valence-corrected chi connectivity index (χ4v) is 8.34. The third-order valence-corrected chi connectivity index (χ3v) is 12.5. The van der Waals surface area contributed by atoms with Gasteiger partial charge in [-0.2, -0.15) is 0 Å². The van der Waals surface area contributed by atoms with Gasteiger partial charge in [0, 0.05) is 19.3 Å². The highest BCUT2D eigenvalue weighted by Crippen LogP contribution is 2.18. The van der Waals surface area contributed by atoms with Gasteiger partial charge < -0.3 is 14.2 Å². The van der Waals surface area contributed by atoms with Crippen molar-refractivity contribution < 1.29 is 28.6 Å². The van der Waals surface area contributed by atoms with Crippen LogP contribution in [0.15, 0.2) is 0 Å². The predicted molar refractivity (Wildman–Crippen MR) is 261 cm³/mol. The standard InChI is InChI=1S/C55H106O6/c1-6-7-8-9-10-11-12-13-16-21-24-27-30-37-42-47-55(58)61-52(49-60-54(57)46-41-36-32-31-34-39-44-51(4)5)48-59-53(56)45-40-35-29-26-23-20-18-15-14-17-19-22-25-28-33-38-43-50(2)3/h50-52H,6-49H2,1-5H3/t52-/m1/s1. The van der Waals surface area contributed by atoms with Crippen molar-refractivity contribution in [1.82, 2.24) is 0 Å². The Labute approximate surface area is 380 Å². The van der Waals surface area contributed by atoms with Gasteiger partial charge in [0.2, 0.25) is 0 Å². The zero-order valence-corrected chi connectivity index (χ0v) is 41.8. The van der Waals surface area contributed by atoms with Crippen molar-refractivity contribution in [3.63, 3.8) is 0 Å². The molecule has 0 rings (SSSR count). The maximum Gasteiger partial charge on any atom is 0.306 e. The van der Waals surface area contributed by atoms with Crippen LogP contribution in [-0.4, -0.2) is 37.2 Å². The summed E-state index contributed by atoms with van der Waals surface area (Å²) in [4.78, 5) is 37.9. The lowest BCUT2D eigenvalue weighted by Gasteiger charge is -2.18. The molecule has 1 atom stereocenters. The largest absolute Gasteiger partial charge is 0.462 e. The van der Waals surface area contributed by atoms with Gasteiger partial charge in [0.15, 0.2) is 6.10 Å². The average Bonchev–Trinajstić information content (AvgIpc) is 3.23. The van der Waals surface area contributed by atoms with E-state index in [1.807, 2.05) is 0 Å². The number of ether oxygens (including phenoxy) is 3. The lowest BCUT2D eigenvalue weighted by atomic mass is 10.0. The van der Waals surface area contributed by atoms with E-state index < -0.39 is 6.10 Å². The van der Waals surface area contributed by atoms with Crippen LogP contribution in [0.2, 0.25) is 0 Å². The van der Waals surface area contributed by atoms with Gasteiger partial charge in [0.25, 0.3) is 0 Å². The highest BCUT2D eigenvalue weighted by atomic mass is 16.6. The van der Waals surface area contributed by atoms with E-state index in [2.05, 4.69) is 34.6 Å². The van der Waals surface area contributed by atoms with E-state index in [-0.39, 0.29) is 31.1 Å². The molecule has 0 aliphatic rings. The second-order valence-corrected chi connectivity index (χ2v) is 19.8. The number of hydrogen-bond acceptors (Lipinski definition) is 6. The number of esters is 3. The third kappa shape index (κ3) is 49.3. The minimum absolute atomic E-state index is 0.0640. The number of unbranched alkanes of at least 4 members (excludes halogenated alkanes) is 34. The molecular formula is C55H106O6. The minimum Gasteiger partial charge on any atom is -0.462 e. The van der Waals surface area contributed by atoms with Gasteiger partial charge in [-0.3, -0.25) is 14.4 Å². The summed E-state index contributed by atoms with van der Waals surface area (Å²) in [7, 11) is 0. The molecular weight excluding hydrogens is 757 g/mol. The Hall–Kier alpha value is -1.59. The molecule has 0 saturated carbocycles. The summed E-state index contributed by atoms with van der Waals surface area (Å²) < 4.78 is 16.8. The van der Waals surface area contributed by atoms with Crippen LogP contribution >= 0.6 is 0 Å². The number of carbonyl (C=O) groups excluding carboxylic acids is 3. The van der Waals surface area contributed by atoms with E-state index in [1.54, 1.807) is 0 Å². The van der Waals surface area contributed by atoms with Crippen LogP contribution in [0.3, 0.4) is 0 Å². The van der Waals surface area contributed by atoms with E-state index in [9.17, 15) is 14.4 Å². The quantitative estimate of drug-likeness (QED) is 0.0344. The Balaban J connectivity index is 4.22. The first-order valence-electron chi connectivity index (χ1n) is 27.2. The molecule has 0 spiro atoms. The number of carbonyl (C=O) groups is 3. The zero-order chi connectivity index (χ0) is 44.7. The highest BCUT2D eigenvalue weighted by molar-refractivity contribution is 5.71. The highest BCUT2D eigenvalue weighted by Gasteiger charge is 2.19. The molecule has 0 amide bonds. The van der Waals surface area contributed by atoms with Crippen LogP contribution in [0.4, 0.5) is 0 Å². The van der Waals surface area contributed by atoms with Crippen LogP contribution in [-0.2, 0) is 28.6 Å². The molecule has 6 heteroatoms. The first-order chi connectivity index (χ1) is 29.7. The molecule has 0 heterocycles. The molecule has 0 radical (unpaired) electrons. The molecule has 61 heavy (non-hydrogen) atoms. The molecule has 0 aliphatic carbocycles. The van der Waals surface area contributed by atoms with E-state index >= 15 is 0 Å². The summed E-state index contributed by atoms with van der Waals surface area (Å²) in [6, 6.07) is 0. The first kappa shape index (κ1) is 59.4. The predicted octanol–water partition coefficient (Wildman–Crippen LogP) is 17.7.